The average Bonchev–Trinajstić information content (AvgIpc) is 3.51. The van der Waals surface area contributed by atoms with Crippen molar-refractivity contribution < 1.29 is 18.5 Å². The number of halogens is 1. The number of anilines is 1. The quantitative estimate of drug-likeness (QED) is 0.317. The highest BCUT2D eigenvalue weighted by Gasteiger charge is 2.33. The first-order chi connectivity index (χ1) is 16.5. The van der Waals surface area contributed by atoms with E-state index in [9.17, 15) is 4.55 Å². The Balaban J connectivity index is 1.62. The molecule has 0 aliphatic heterocycles. The second-order valence-corrected chi connectivity index (χ2v) is 8.99. The summed E-state index contributed by atoms with van der Waals surface area (Å²) in [6.07, 6.45) is 3.73. The summed E-state index contributed by atoms with van der Waals surface area (Å²) in [4.78, 5) is 12.8. The molecule has 4 rings (SSSR count). The van der Waals surface area contributed by atoms with Crippen LogP contribution in [0.1, 0.15) is 24.5 Å². The van der Waals surface area contributed by atoms with Crippen molar-refractivity contribution in [3.8, 4) is 17.4 Å². The third kappa shape index (κ3) is 5.28. The number of ether oxygens (including phenoxy) is 2. The van der Waals surface area contributed by atoms with E-state index in [4.69, 9.17) is 25.6 Å². The third-order valence-corrected chi connectivity index (χ3v) is 6.33. The number of methoxy groups -OCH3 is 2. The number of hydrogen-bond donors (Lipinski definition) is 1. The van der Waals surface area contributed by atoms with Gasteiger partial charge in [-0.05, 0) is 13.0 Å². The van der Waals surface area contributed by atoms with Crippen molar-refractivity contribution in [2.75, 3.05) is 18.9 Å². The van der Waals surface area contributed by atoms with Crippen LogP contribution in [0.25, 0.3) is 11.5 Å². The summed E-state index contributed by atoms with van der Waals surface area (Å²) in [5.74, 6) is 1.46. The average molecular weight is 505 g/mol. The third-order valence-electron chi connectivity index (χ3n) is 4.83. The van der Waals surface area contributed by atoms with Crippen LogP contribution >= 0.6 is 11.6 Å². The van der Waals surface area contributed by atoms with Gasteiger partial charge in [-0.2, -0.15) is 4.72 Å². The van der Waals surface area contributed by atoms with E-state index >= 15 is 0 Å². The van der Waals surface area contributed by atoms with Crippen molar-refractivity contribution in [3.05, 3.63) is 59.5 Å². The Kier molecular flexibility index (Phi) is 7.57. The van der Waals surface area contributed by atoms with E-state index in [-0.39, 0.29) is 12.5 Å². The molecule has 4 aromatic rings. The van der Waals surface area contributed by atoms with Gasteiger partial charge in [-0.1, -0.05) is 22.8 Å². The number of rotatable bonds is 10. The maximum absolute atomic E-state index is 13.2. The van der Waals surface area contributed by atoms with Crippen LogP contribution in [-0.2, 0) is 22.6 Å². The van der Waals surface area contributed by atoms with Crippen LogP contribution in [0.4, 0.5) is 5.95 Å². The fourth-order valence-corrected chi connectivity index (χ4v) is 4.20. The molecule has 12 nitrogen and oxygen atoms in total. The standard InChI is InChI=1S/C20H21ClN8O4S/c1-12(17(32-3)18-22-9-13(21)10-23-18)34(30)28-20-26-25-19(15-5-4-6-16(24-15)31-2)29(20)11-14-7-8-33-27-14/h4-10,12,17H,11H2,1-3H3,(H,26,28). The van der Waals surface area contributed by atoms with Crippen LogP contribution in [0.15, 0.2) is 47.4 Å². The van der Waals surface area contributed by atoms with Gasteiger partial charge in [0.05, 0.1) is 30.0 Å². The predicted octanol–water partition coefficient (Wildman–Crippen LogP) is 2.68. The normalized spacial score (nSPS) is 13.9. The SMILES string of the molecule is COc1cccc(-c2nnc(N[S+]([O-])C(C)C(OC)c3ncc(Cl)cn3)n2Cc2ccon2)n1. The monoisotopic (exact) mass is 504 g/mol. The first-order valence-corrected chi connectivity index (χ1v) is 11.6. The Morgan fingerprint density at radius 2 is 2.00 bits per heavy atom. The lowest BCUT2D eigenvalue weighted by molar-refractivity contribution is 0.0950. The molecule has 0 radical (unpaired) electrons. The summed E-state index contributed by atoms with van der Waals surface area (Å²) >= 11 is 4.22. The second-order valence-electron chi connectivity index (χ2n) is 7.01. The number of hydrogen-bond acceptors (Lipinski definition) is 11. The number of nitrogens with zero attached hydrogens (tertiary/aromatic N) is 7. The molecule has 0 saturated carbocycles. The van der Waals surface area contributed by atoms with Gasteiger partial charge in [-0.3, -0.25) is 4.57 Å². The van der Waals surface area contributed by atoms with Crippen molar-refractivity contribution in [1.29, 1.82) is 0 Å². The van der Waals surface area contributed by atoms with E-state index in [1.165, 1.54) is 32.9 Å². The lowest BCUT2D eigenvalue weighted by Crippen LogP contribution is -2.33. The van der Waals surface area contributed by atoms with E-state index < -0.39 is 22.7 Å². The van der Waals surface area contributed by atoms with Crippen LogP contribution < -0.4 is 9.46 Å². The van der Waals surface area contributed by atoms with E-state index in [2.05, 4.69) is 35.0 Å². The summed E-state index contributed by atoms with van der Waals surface area (Å²) in [7, 11) is 3.02. The Hall–Kier alpha value is -3.26. The second kappa shape index (κ2) is 10.8. The zero-order valence-corrected chi connectivity index (χ0v) is 20.0. The van der Waals surface area contributed by atoms with Gasteiger partial charge in [0.25, 0.3) is 5.95 Å². The van der Waals surface area contributed by atoms with E-state index in [1.807, 2.05) is 0 Å². The molecule has 0 aromatic carbocycles. The first kappa shape index (κ1) is 23.9. The minimum atomic E-state index is -1.66. The Morgan fingerprint density at radius 1 is 1.21 bits per heavy atom. The van der Waals surface area contributed by atoms with Crippen molar-refractivity contribution in [3.63, 3.8) is 0 Å². The smallest absolute Gasteiger partial charge is 0.267 e. The minimum absolute atomic E-state index is 0.250. The van der Waals surface area contributed by atoms with Gasteiger partial charge in [0, 0.05) is 31.6 Å². The molecule has 3 unspecified atom stereocenters. The summed E-state index contributed by atoms with van der Waals surface area (Å²) in [5, 5.41) is 12.3. The molecule has 14 heteroatoms. The molecule has 4 aromatic heterocycles. The van der Waals surface area contributed by atoms with Crippen LogP contribution in [-0.4, -0.2) is 58.9 Å². The van der Waals surface area contributed by atoms with Gasteiger partial charge in [-0.15, -0.1) is 10.2 Å². The summed E-state index contributed by atoms with van der Waals surface area (Å²) in [6.45, 7) is 2.00. The lowest BCUT2D eigenvalue weighted by Gasteiger charge is -2.23. The van der Waals surface area contributed by atoms with Gasteiger partial charge < -0.3 is 18.5 Å². The highest BCUT2D eigenvalue weighted by Crippen LogP contribution is 2.27. The molecule has 0 saturated heterocycles. The van der Waals surface area contributed by atoms with Crippen LogP contribution in [0.2, 0.25) is 5.02 Å². The molecule has 4 heterocycles. The topological polar surface area (TPSA) is 149 Å². The largest absolute Gasteiger partial charge is 0.593 e. The van der Waals surface area contributed by atoms with Crippen LogP contribution in [0.5, 0.6) is 5.88 Å². The van der Waals surface area contributed by atoms with Gasteiger partial charge in [0.1, 0.15) is 17.7 Å². The molecule has 1 N–H and O–H groups in total. The fraction of sp³-hybridized carbons (Fsp3) is 0.300. The van der Waals surface area contributed by atoms with Gasteiger partial charge >= 0.3 is 0 Å². The molecule has 0 aliphatic carbocycles. The molecule has 3 atom stereocenters. The minimum Gasteiger partial charge on any atom is -0.593 e. The lowest BCUT2D eigenvalue weighted by atomic mass is 10.2. The van der Waals surface area contributed by atoms with Gasteiger partial charge in [-0.25, -0.2) is 15.0 Å². The number of aromatic nitrogens is 7. The zero-order valence-electron chi connectivity index (χ0n) is 18.5. The molecule has 0 fully saturated rings. The van der Waals surface area contributed by atoms with Gasteiger partial charge in [0.15, 0.2) is 23.0 Å². The Bertz CT molecular complexity index is 1210. The number of pyridine rings is 1. The molecule has 0 bridgehead atoms. The highest BCUT2D eigenvalue weighted by molar-refractivity contribution is 7.93. The number of nitrogens with one attached hydrogen (secondary N) is 1. The van der Waals surface area contributed by atoms with Crippen molar-refractivity contribution in [2.24, 2.45) is 0 Å². The van der Waals surface area contributed by atoms with E-state index in [0.29, 0.717) is 33.9 Å². The van der Waals surface area contributed by atoms with Crippen molar-refractivity contribution in [2.45, 2.75) is 24.8 Å². The Labute approximate surface area is 203 Å². The van der Waals surface area contributed by atoms with Crippen molar-refractivity contribution in [1.82, 2.24) is 34.9 Å². The maximum atomic E-state index is 13.2. The van der Waals surface area contributed by atoms with E-state index in [1.54, 1.807) is 35.8 Å². The first-order valence-electron chi connectivity index (χ1n) is 10.0. The Morgan fingerprint density at radius 3 is 2.68 bits per heavy atom. The maximum Gasteiger partial charge on any atom is 0.267 e. The molecule has 0 spiro atoms. The predicted molar refractivity (Wildman–Crippen MR) is 123 cm³/mol. The molecule has 0 aliphatic rings. The molecular formula is C20H21ClN8O4S. The highest BCUT2D eigenvalue weighted by atomic mass is 35.5. The summed E-state index contributed by atoms with van der Waals surface area (Å²) < 4.78 is 33.5. The van der Waals surface area contributed by atoms with Crippen LogP contribution in [0.3, 0.4) is 0 Å². The molecule has 0 amide bonds. The van der Waals surface area contributed by atoms with Gasteiger partial charge in [0.2, 0.25) is 5.88 Å². The summed E-state index contributed by atoms with van der Waals surface area (Å²) in [6, 6.07) is 7.00. The zero-order chi connectivity index (χ0) is 24.1. The van der Waals surface area contributed by atoms with Crippen molar-refractivity contribution >= 4 is 28.9 Å². The fourth-order valence-electron chi connectivity index (χ4n) is 3.12. The molecule has 34 heavy (non-hydrogen) atoms. The summed E-state index contributed by atoms with van der Waals surface area (Å²) in [5.41, 5.74) is 1.14. The molecular weight excluding hydrogens is 484 g/mol. The molecule has 178 valence electrons. The van der Waals surface area contributed by atoms with E-state index in [0.717, 1.165) is 0 Å². The van der Waals surface area contributed by atoms with Crippen LogP contribution in [0, 0.1) is 0 Å².